The Morgan fingerprint density at radius 1 is 1.23 bits per heavy atom. The molecule has 4 fully saturated rings. The second kappa shape index (κ2) is 5.59. The van der Waals surface area contributed by atoms with Crippen LogP contribution in [0.2, 0.25) is 0 Å². The van der Waals surface area contributed by atoms with Gasteiger partial charge in [-0.15, -0.1) is 0 Å². The van der Waals surface area contributed by atoms with E-state index in [4.69, 9.17) is 4.74 Å². The maximum atomic E-state index is 12.8. The molecule has 0 aliphatic heterocycles. The molecule has 2 bridgehead atoms. The number of hydrogen-bond acceptors (Lipinski definition) is 3. The van der Waals surface area contributed by atoms with Crippen LogP contribution in [0.1, 0.15) is 65.2 Å². The molecule has 4 heteroatoms. The number of aliphatic carboxylic acids is 1. The zero-order valence-corrected chi connectivity index (χ0v) is 16.3. The summed E-state index contributed by atoms with van der Waals surface area (Å²) >= 11 is 0. The van der Waals surface area contributed by atoms with Crippen molar-refractivity contribution in [3.05, 3.63) is 12.2 Å². The van der Waals surface area contributed by atoms with Crippen LogP contribution in [0.25, 0.3) is 0 Å². The first-order chi connectivity index (χ1) is 12.2. The van der Waals surface area contributed by atoms with Gasteiger partial charge in [-0.3, -0.25) is 9.59 Å². The fraction of sp³-hybridized carbons (Fsp3) is 0.818. The van der Waals surface area contributed by atoms with Gasteiger partial charge in [0.15, 0.2) is 0 Å². The Kier molecular flexibility index (Phi) is 3.88. The number of hydrogen-bond donors (Lipinski definition) is 1. The third-order valence-electron chi connectivity index (χ3n) is 9.02. The van der Waals surface area contributed by atoms with Crippen LogP contribution < -0.4 is 0 Å². The molecule has 0 amide bonds. The van der Waals surface area contributed by atoms with Gasteiger partial charge in [-0.05, 0) is 80.5 Å². The highest BCUT2D eigenvalue weighted by Crippen LogP contribution is 2.73. The molecule has 7 atom stereocenters. The Morgan fingerprint density at radius 2 is 1.96 bits per heavy atom. The van der Waals surface area contributed by atoms with E-state index in [2.05, 4.69) is 13.5 Å². The largest absolute Gasteiger partial charge is 0.481 e. The number of carboxylic acids is 1. The van der Waals surface area contributed by atoms with Crippen molar-refractivity contribution < 1.29 is 19.4 Å². The molecule has 144 valence electrons. The van der Waals surface area contributed by atoms with Crippen molar-refractivity contribution in [2.24, 2.45) is 39.9 Å². The van der Waals surface area contributed by atoms with E-state index < -0.39 is 11.4 Å². The molecule has 0 aromatic heterocycles. The number of rotatable bonds is 2. The van der Waals surface area contributed by atoms with E-state index in [-0.39, 0.29) is 34.6 Å². The van der Waals surface area contributed by atoms with E-state index >= 15 is 0 Å². The van der Waals surface area contributed by atoms with Gasteiger partial charge in [0.2, 0.25) is 0 Å². The van der Waals surface area contributed by atoms with Gasteiger partial charge in [0.05, 0.1) is 18.4 Å². The molecule has 0 radical (unpaired) electrons. The molecule has 4 aliphatic carbocycles. The van der Waals surface area contributed by atoms with Crippen LogP contribution in [0.15, 0.2) is 12.2 Å². The van der Waals surface area contributed by atoms with E-state index in [1.54, 1.807) is 0 Å². The van der Waals surface area contributed by atoms with Crippen molar-refractivity contribution in [2.75, 3.05) is 7.11 Å². The van der Waals surface area contributed by atoms with Crippen LogP contribution >= 0.6 is 0 Å². The molecular weight excluding hydrogens is 328 g/mol. The van der Waals surface area contributed by atoms with Crippen LogP contribution in [-0.4, -0.2) is 24.2 Å². The summed E-state index contributed by atoms with van der Waals surface area (Å²) in [4.78, 5) is 25.0. The quantitative estimate of drug-likeness (QED) is 0.584. The number of carboxylic acid groups (broad SMARTS) is 1. The van der Waals surface area contributed by atoms with Crippen LogP contribution in [0, 0.1) is 39.9 Å². The molecule has 0 aromatic carbocycles. The lowest BCUT2D eigenvalue weighted by atomic mass is 9.39. The van der Waals surface area contributed by atoms with Crippen molar-refractivity contribution in [1.82, 2.24) is 0 Å². The Bertz CT molecular complexity index is 669. The van der Waals surface area contributed by atoms with E-state index in [1.165, 1.54) is 12.7 Å². The van der Waals surface area contributed by atoms with Crippen LogP contribution in [-0.2, 0) is 14.3 Å². The molecule has 4 saturated carbocycles. The predicted molar refractivity (Wildman–Crippen MR) is 98.3 cm³/mol. The maximum Gasteiger partial charge on any atom is 0.309 e. The first kappa shape index (κ1) is 18.1. The number of esters is 1. The van der Waals surface area contributed by atoms with Gasteiger partial charge in [0.1, 0.15) is 0 Å². The fourth-order valence-corrected chi connectivity index (χ4v) is 8.17. The summed E-state index contributed by atoms with van der Waals surface area (Å²) in [6.07, 6.45) is 7.69. The van der Waals surface area contributed by atoms with Crippen LogP contribution in [0.3, 0.4) is 0 Å². The normalized spacial score (nSPS) is 49.9. The van der Waals surface area contributed by atoms with E-state index in [0.717, 1.165) is 51.4 Å². The number of carbonyl (C=O) groups is 2. The molecule has 7 unspecified atom stereocenters. The molecule has 4 aliphatic rings. The van der Waals surface area contributed by atoms with Crippen molar-refractivity contribution in [3.63, 3.8) is 0 Å². The van der Waals surface area contributed by atoms with Gasteiger partial charge >= 0.3 is 11.9 Å². The lowest BCUT2D eigenvalue weighted by molar-refractivity contribution is -0.196. The van der Waals surface area contributed by atoms with E-state index in [9.17, 15) is 14.7 Å². The molecule has 4 rings (SSSR count). The summed E-state index contributed by atoms with van der Waals surface area (Å²) in [6, 6.07) is 0. The highest BCUT2D eigenvalue weighted by molar-refractivity contribution is 5.76. The highest BCUT2D eigenvalue weighted by Gasteiger charge is 2.68. The predicted octanol–water partition coefficient (Wildman–Crippen LogP) is 4.44. The van der Waals surface area contributed by atoms with E-state index in [1.807, 2.05) is 6.92 Å². The van der Waals surface area contributed by atoms with E-state index in [0.29, 0.717) is 5.92 Å². The second-order valence-corrected chi connectivity index (χ2v) is 10.1. The standard InChI is InChI=1S/C22H32O4/c1-13-11-22-9-6-16-20(2,7-5-8-21(16,3)19(24)25)17(22)15(18(23)26-4)10-14(13)12-22/h14-17H,1,5-12H2,2-4H3,(H,24,25). The van der Waals surface area contributed by atoms with Crippen molar-refractivity contribution in [1.29, 1.82) is 0 Å². The van der Waals surface area contributed by atoms with Gasteiger partial charge in [-0.1, -0.05) is 25.5 Å². The molecule has 26 heavy (non-hydrogen) atoms. The summed E-state index contributed by atoms with van der Waals surface area (Å²) in [6.45, 7) is 8.58. The lowest BCUT2D eigenvalue weighted by Gasteiger charge is -2.64. The summed E-state index contributed by atoms with van der Waals surface area (Å²) in [5.41, 5.74) is 0.640. The zero-order valence-electron chi connectivity index (χ0n) is 16.3. The number of methoxy groups -OCH3 is 1. The monoisotopic (exact) mass is 360 g/mol. The van der Waals surface area contributed by atoms with Crippen molar-refractivity contribution in [3.8, 4) is 0 Å². The minimum absolute atomic E-state index is 0.0942. The Hall–Kier alpha value is -1.32. The molecule has 1 spiro atoms. The lowest BCUT2D eigenvalue weighted by Crippen LogP contribution is -2.61. The molecule has 0 heterocycles. The van der Waals surface area contributed by atoms with Gasteiger partial charge in [-0.25, -0.2) is 0 Å². The minimum atomic E-state index is -0.679. The van der Waals surface area contributed by atoms with Gasteiger partial charge in [0.25, 0.3) is 0 Å². The number of allylic oxidation sites excluding steroid dienone is 1. The highest BCUT2D eigenvalue weighted by atomic mass is 16.5. The summed E-state index contributed by atoms with van der Waals surface area (Å²) in [5, 5.41) is 10.0. The molecule has 0 aromatic rings. The zero-order chi connectivity index (χ0) is 18.9. The average molecular weight is 360 g/mol. The Morgan fingerprint density at radius 3 is 2.62 bits per heavy atom. The molecule has 4 nitrogen and oxygen atoms in total. The smallest absolute Gasteiger partial charge is 0.309 e. The average Bonchev–Trinajstić information content (AvgIpc) is 2.82. The number of ether oxygens (including phenoxy) is 1. The Balaban J connectivity index is 1.83. The third-order valence-corrected chi connectivity index (χ3v) is 9.02. The topological polar surface area (TPSA) is 63.6 Å². The summed E-state index contributed by atoms with van der Waals surface area (Å²) in [5.74, 6) is -0.0798. The van der Waals surface area contributed by atoms with Gasteiger partial charge in [0, 0.05) is 0 Å². The molecular formula is C22H32O4. The summed E-state index contributed by atoms with van der Waals surface area (Å²) in [7, 11) is 1.49. The third kappa shape index (κ3) is 2.13. The van der Waals surface area contributed by atoms with Gasteiger partial charge in [-0.2, -0.15) is 0 Å². The van der Waals surface area contributed by atoms with Gasteiger partial charge < -0.3 is 9.84 Å². The number of fused-ring (bicyclic) bond motifs is 3. The van der Waals surface area contributed by atoms with Crippen molar-refractivity contribution >= 4 is 11.9 Å². The minimum Gasteiger partial charge on any atom is -0.481 e. The molecule has 0 saturated heterocycles. The Labute approximate surface area is 156 Å². The van der Waals surface area contributed by atoms with Crippen molar-refractivity contribution in [2.45, 2.75) is 65.2 Å². The first-order valence-corrected chi connectivity index (χ1v) is 10.2. The maximum absolute atomic E-state index is 12.8. The van der Waals surface area contributed by atoms with Crippen LogP contribution in [0.5, 0.6) is 0 Å². The summed E-state index contributed by atoms with van der Waals surface area (Å²) < 4.78 is 5.23. The number of carbonyl (C=O) groups excluding carboxylic acids is 1. The molecule has 1 N–H and O–H groups in total. The SMILES string of the molecule is C=C1CC23CCC4C(C)(C(=O)O)CCCC4(C)C2C(C(=O)OC)CC1C3. The second-order valence-electron chi connectivity index (χ2n) is 10.1. The fourth-order valence-electron chi connectivity index (χ4n) is 8.17. The van der Waals surface area contributed by atoms with Crippen LogP contribution in [0.4, 0.5) is 0 Å². The first-order valence-electron chi connectivity index (χ1n) is 10.2.